The van der Waals surface area contributed by atoms with Crippen molar-refractivity contribution in [2.75, 3.05) is 19.6 Å². The van der Waals surface area contributed by atoms with E-state index in [9.17, 15) is 9.59 Å². The molecule has 124 valence electrons. The number of piperidine rings is 1. The van der Waals surface area contributed by atoms with E-state index in [1.54, 1.807) is 11.3 Å². The first-order chi connectivity index (χ1) is 11.1. The Morgan fingerprint density at radius 3 is 2.83 bits per heavy atom. The van der Waals surface area contributed by atoms with E-state index in [0.29, 0.717) is 24.9 Å². The summed E-state index contributed by atoms with van der Waals surface area (Å²) in [5.74, 6) is 0.595. The molecule has 6 heteroatoms. The maximum atomic E-state index is 12.8. The predicted octanol–water partition coefficient (Wildman–Crippen LogP) is 2.17. The van der Waals surface area contributed by atoms with Crippen LogP contribution in [0.5, 0.6) is 0 Å². The quantitative estimate of drug-likeness (QED) is 0.852. The van der Waals surface area contributed by atoms with Crippen LogP contribution in [0.4, 0.5) is 0 Å². The molecule has 3 fully saturated rings. The Hall–Kier alpha value is -1.43. The van der Waals surface area contributed by atoms with Gasteiger partial charge in [-0.25, -0.2) is 4.98 Å². The van der Waals surface area contributed by atoms with Crippen LogP contribution in [0.3, 0.4) is 0 Å². The summed E-state index contributed by atoms with van der Waals surface area (Å²) in [6.07, 6.45) is 4.77. The fourth-order valence-electron chi connectivity index (χ4n) is 3.83. The topological polar surface area (TPSA) is 53.5 Å². The van der Waals surface area contributed by atoms with E-state index in [-0.39, 0.29) is 17.7 Å². The van der Waals surface area contributed by atoms with Gasteiger partial charge in [-0.15, -0.1) is 11.3 Å². The summed E-state index contributed by atoms with van der Waals surface area (Å²) in [7, 11) is 0. The fourth-order valence-corrected chi connectivity index (χ4v) is 4.76. The van der Waals surface area contributed by atoms with E-state index in [2.05, 4.69) is 10.4 Å². The van der Waals surface area contributed by atoms with Gasteiger partial charge >= 0.3 is 0 Å². The molecule has 0 aromatic carbocycles. The second-order valence-electron chi connectivity index (χ2n) is 7.13. The molecule has 2 saturated heterocycles. The van der Waals surface area contributed by atoms with Crippen LogP contribution in [0.15, 0.2) is 5.38 Å². The minimum atomic E-state index is -0.125. The Labute approximate surface area is 140 Å². The van der Waals surface area contributed by atoms with Crippen LogP contribution in [0.1, 0.15) is 48.7 Å². The van der Waals surface area contributed by atoms with Crippen LogP contribution in [-0.4, -0.2) is 52.3 Å². The molecule has 5 nitrogen and oxygen atoms in total. The summed E-state index contributed by atoms with van der Waals surface area (Å²) in [5, 5.41) is 3.24. The third kappa shape index (κ3) is 3.01. The molecule has 3 aliphatic rings. The third-order valence-electron chi connectivity index (χ3n) is 5.21. The van der Waals surface area contributed by atoms with Gasteiger partial charge in [-0.05, 0) is 32.6 Å². The monoisotopic (exact) mass is 333 g/mol. The normalized spacial score (nSPS) is 28.5. The van der Waals surface area contributed by atoms with Gasteiger partial charge in [-0.2, -0.15) is 0 Å². The molecule has 2 amide bonds. The Morgan fingerprint density at radius 2 is 2.13 bits per heavy atom. The summed E-state index contributed by atoms with van der Waals surface area (Å²) in [6, 6.07) is 0.424. The zero-order chi connectivity index (χ0) is 16.0. The van der Waals surface area contributed by atoms with Crippen molar-refractivity contribution in [1.82, 2.24) is 14.8 Å². The minimum Gasteiger partial charge on any atom is -0.342 e. The van der Waals surface area contributed by atoms with Crippen molar-refractivity contribution >= 4 is 23.2 Å². The van der Waals surface area contributed by atoms with Crippen molar-refractivity contribution in [1.29, 1.82) is 0 Å². The second-order valence-corrected chi connectivity index (χ2v) is 8.02. The number of rotatable bonds is 3. The molecule has 1 aromatic heterocycles. The van der Waals surface area contributed by atoms with Gasteiger partial charge in [0.1, 0.15) is 0 Å². The van der Waals surface area contributed by atoms with Crippen LogP contribution in [0.2, 0.25) is 0 Å². The molecule has 2 aliphatic heterocycles. The summed E-state index contributed by atoms with van der Waals surface area (Å²) < 4.78 is 0. The maximum Gasteiger partial charge on any atom is 0.228 e. The molecule has 4 rings (SSSR count). The van der Waals surface area contributed by atoms with Crippen molar-refractivity contribution in [3.05, 3.63) is 16.1 Å². The van der Waals surface area contributed by atoms with Crippen molar-refractivity contribution in [3.8, 4) is 0 Å². The number of aromatic nitrogens is 1. The number of carbonyl (C=O) groups is 2. The molecule has 2 atom stereocenters. The van der Waals surface area contributed by atoms with Gasteiger partial charge in [0.05, 0.1) is 10.9 Å². The Kier molecular flexibility index (Phi) is 3.87. The molecule has 0 spiro atoms. The minimum absolute atomic E-state index is 0.125. The number of thiazole rings is 1. The van der Waals surface area contributed by atoms with Gasteiger partial charge in [-0.1, -0.05) is 0 Å². The van der Waals surface area contributed by atoms with Crippen LogP contribution < -0.4 is 0 Å². The van der Waals surface area contributed by atoms with Crippen molar-refractivity contribution < 1.29 is 9.59 Å². The fraction of sp³-hybridized carbons (Fsp3) is 0.706. The number of carbonyl (C=O) groups excluding carboxylic acids is 2. The summed E-state index contributed by atoms with van der Waals surface area (Å²) in [6.45, 7) is 4.25. The van der Waals surface area contributed by atoms with Gasteiger partial charge < -0.3 is 9.80 Å². The van der Waals surface area contributed by atoms with Crippen LogP contribution in [0.25, 0.3) is 0 Å². The first-order valence-corrected chi connectivity index (χ1v) is 9.50. The Morgan fingerprint density at radius 1 is 1.30 bits per heavy atom. The van der Waals surface area contributed by atoms with E-state index >= 15 is 0 Å². The molecular formula is C17H23N3O2S. The maximum absolute atomic E-state index is 12.8. The average molecular weight is 333 g/mol. The summed E-state index contributed by atoms with van der Waals surface area (Å²) >= 11 is 1.70. The van der Waals surface area contributed by atoms with E-state index < -0.39 is 0 Å². The SMILES string of the molecule is Cc1csc([C@@H]2CCCN(C(=O)[C@@H]3CC(=O)N(C4CC4)C3)C2)n1. The highest BCUT2D eigenvalue weighted by atomic mass is 32.1. The van der Waals surface area contributed by atoms with Crippen LogP contribution >= 0.6 is 11.3 Å². The Bertz CT molecular complexity index is 625. The number of likely N-dealkylation sites (tertiary alicyclic amines) is 2. The van der Waals surface area contributed by atoms with Crippen molar-refractivity contribution in [3.63, 3.8) is 0 Å². The number of hydrogen-bond acceptors (Lipinski definition) is 4. The average Bonchev–Trinajstić information content (AvgIpc) is 3.19. The lowest BCUT2D eigenvalue weighted by atomic mass is 9.96. The molecular weight excluding hydrogens is 310 g/mol. The summed E-state index contributed by atoms with van der Waals surface area (Å²) in [5.41, 5.74) is 1.06. The molecule has 1 aromatic rings. The standard InChI is InChI=1S/C17H23N3O2S/c1-11-10-23-16(18-11)12-3-2-6-19(8-12)17(22)13-7-15(21)20(9-13)14-4-5-14/h10,12-14H,2-9H2,1H3/t12-,13-/m1/s1. The molecule has 1 aliphatic carbocycles. The lowest BCUT2D eigenvalue weighted by Gasteiger charge is -2.33. The van der Waals surface area contributed by atoms with Gasteiger partial charge in [0.15, 0.2) is 0 Å². The van der Waals surface area contributed by atoms with E-state index in [1.807, 2.05) is 16.7 Å². The third-order valence-corrected chi connectivity index (χ3v) is 6.34. The van der Waals surface area contributed by atoms with Crippen LogP contribution in [0, 0.1) is 12.8 Å². The smallest absolute Gasteiger partial charge is 0.228 e. The Balaban J connectivity index is 1.41. The number of hydrogen-bond donors (Lipinski definition) is 0. The lowest BCUT2D eigenvalue weighted by molar-refractivity contribution is -0.137. The number of amides is 2. The lowest BCUT2D eigenvalue weighted by Crippen LogP contribution is -2.43. The molecule has 1 saturated carbocycles. The number of aryl methyl sites for hydroxylation is 1. The van der Waals surface area contributed by atoms with Gasteiger partial charge in [0.2, 0.25) is 11.8 Å². The first kappa shape index (κ1) is 15.1. The van der Waals surface area contributed by atoms with Crippen molar-refractivity contribution in [2.45, 2.75) is 51.0 Å². The molecule has 0 N–H and O–H groups in total. The number of nitrogens with zero attached hydrogens (tertiary/aromatic N) is 3. The largest absolute Gasteiger partial charge is 0.342 e. The molecule has 0 unspecified atom stereocenters. The molecule has 0 radical (unpaired) electrons. The van der Waals surface area contributed by atoms with Gasteiger partial charge in [0.25, 0.3) is 0 Å². The van der Waals surface area contributed by atoms with Gasteiger partial charge in [0, 0.05) is 49.1 Å². The predicted molar refractivity (Wildman–Crippen MR) is 88.2 cm³/mol. The molecule has 3 heterocycles. The van der Waals surface area contributed by atoms with Crippen LogP contribution in [-0.2, 0) is 9.59 Å². The first-order valence-electron chi connectivity index (χ1n) is 8.62. The van der Waals surface area contributed by atoms with Gasteiger partial charge in [-0.3, -0.25) is 9.59 Å². The molecule has 0 bridgehead atoms. The zero-order valence-corrected chi connectivity index (χ0v) is 14.3. The summed E-state index contributed by atoms with van der Waals surface area (Å²) in [4.78, 5) is 33.5. The van der Waals surface area contributed by atoms with E-state index in [1.165, 1.54) is 0 Å². The second kappa shape index (κ2) is 5.89. The highest BCUT2D eigenvalue weighted by molar-refractivity contribution is 7.09. The zero-order valence-electron chi connectivity index (χ0n) is 13.5. The highest BCUT2D eigenvalue weighted by Crippen LogP contribution is 2.35. The molecule has 23 heavy (non-hydrogen) atoms. The van der Waals surface area contributed by atoms with Crippen molar-refractivity contribution in [2.24, 2.45) is 5.92 Å². The van der Waals surface area contributed by atoms with E-state index in [0.717, 1.165) is 49.5 Å². The van der Waals surface area contributed by atoms with E-state index in [4.69, 9.17) is 0 Å². The highest BCUT2D eigenvalue weighted by Gasteiger charge is 2.43.